The summed E-state index contributed by atoms with van der Waals surface area (Å²) < 4.78 is 23.3. The first-order valence-corrected chi connectivity index (χ1v) is 8.76. The Balaban J connectivity index is 2.86. The standard InChI is InChI=1S/C13H24N4O3S/c1-4-6-7-8-9(3)15-13(18)11-12(21(14,19)20)10(5-2)16-17-11/h9H,4-8H2,1-3H3,(H,15,18)(H,16,17)(H2,14,19,20). The van der Waals surface area contributed by atoms with Gasteiger partial charge < -0.3 is 5.32 Å². The summed E-state index contributed by atoms with van der Waals surface area (Å²) in [5.41, 5.74) is 0.193. The fraction of sp³-hybridized carbons (Fsp3) is 0.692. The normalized spacial score (nSPS) is 13.1. The summed E-state index contributed by atoms with van der Waals surface area (Å²) in [6, 6.07) is -0.0424. The minimum Gasteiger partial charge on any atom is -0.348 e. The van der Waals surface area contributed by atoms with Gasteiger partial charge in [0.15, 0.2) is 5.69 Å². The van der Waals surface area contributed by atoms with E-state index >= 15 is 0 Å². The molecule has 0 aliphatic carbocycles. The number of carbonyl (C=O) groups is 1. The third kappa shape index (κ3) is 4.82. The summed E-state index contributed by atoms with van der Waals surface area (Å²) in [6.45, 7) is 5.76. The number of aryl methyl sites for hydroxylation is 1. The lowest BCUT2D eigenvalue weighted by Gasteiger charge is -2.13. The van der Waals surface area contributed by atoms with Gasteiger partial charge in [0.25, 0.3) is 5.91 Å². The van der Waals surface area contributed by atoms with Crippen molar-refractivity contribution in [1.82, 2.24) is 15.5 Å². The topological polar surface area (TPSA) is 118 Å². The molecule has 4 N–H and O–H groups in total. The van der Waals surface area contributed by atoms with Gasteiger partial charge in [-0.15, -0.1) is 0 Å². The SMILES string of the molecule is CCCCCC(C)NC(=O)c1n[nH]c(CC)c1S(N)(=O)=O. The van der Waals surface area contributed by atoms with Gasteiger partial charge in [-0.05, 0) is 19.8 Å². The maximum Gasteiger partial charge on any atom is 0.273 e. The zero-order valence-corrected chi connectivity index (χ0v) is 13.6. The van der Waals surface area contributed by atoms with Crippen molar-refractivity contribution in [2.45, 2.75) is 63.8 Å². The van der Waals surface area contributed by atoms with E-state index in [1.165, 1.54) is 0 Å². The van der Waals surface area contributed by atoms with Gasteiger partial charge in [0.1, 0.15) is 4.90 Å². The van der Waals surface area contributed by atoms with Gasteiger partial charge >= 0.3 is 0 Å². The third-order valence-corrected chi connectivity index (χ3v) is 4.27. The number of aromatic nitrogens is 2. The Kier molecular flexibility index (Phi) is 6.35. The molecule has 0 spiro atoms. The second-order valence-electron chi connectivity index (χ2n) is 5.15. The van der Waals surface area contributed by atoms with Crippen LogP contribution < -0.4 is 10.5 Å². The maximum absolute atomic E-state index is 12.2. The molecule has 1 aromatic heterocycles. The van der Waals surface area contributed by atoms with E-state index in [0.717, 1.165) is 25.7 Å². The molecule has 1 amide bonds. The first-order valence-electron chi connectivity index (χ1n) is 7.22. The lowest BCUT2D eigenvalue weighted by Crippen LogP contribution is -2.34. The predicted molar refractivity (Wildman–Crippen MR) is 80.4 cm³/mol. The van der Waals surface area contributed by atoms with Crippen molar-refractivity contribution >= 4 is 15.9 Å². The van der Waals surface area contributed by atoms with Crippen LogP contribution in [0.15, 0.2) is 4.90 Å². The van der Waals surface area contributed by atoms with E-state index in [4.69, 9.17) is 5.14 Å². The molecule has 1 rings (SSSR count). The lowest BCUT2D eigenvalue weighted by atomic mass is 10.1. The molecule has 0 fully saturated rings. The highest BCUT2D eigenvalue weighted by Crippen LogP contribution is 2.17. The Morgan fingerprint density at radius 1 is 1.38 bits per heavy atom. The minimum absolute atomic E-state index is 0.0424. The van der Waals surface area contributed by atoms with Crippen molar-refractivity contribution in [2.24, 2.45) is 5.14 Å². The van der Waals surface area contributed by atoms with Crippen LogP contribution in [0.2, 0.25) is 0 Å². The number of primary sulfonamides is 1. The minimum atomic E-state index is -3.99. The van der Waals surface area contributed by atoms with E-state index in [-0.39, 0.29) is 16.6 Å². The number of rotatable bonds is 8. The fourth-order valence-electron chi connectivity index (χ4n) is 2.13. The number of carbonyl (C=O) groups excluding carboxylic acids is 1. The van der Waals surface area contributed by atoms with E-state index in [2.05, 4.69) is 22.4 Å². The molecule has 1 atom stereocenters. The molecular formula is C13H24N4O3S. The number of nitrogens with one attached hydrogen (secondary N) is 2. The molecular weight excluding hydrogens is 292 g/mol. The molecule has 7 nitrogen and oxygen atoms in total. The van der Waals surface area contributed by atoms with E-state index < -0.39 is 15.9 Å². The molecule has 0 radical (unpaired) electrons. The molecule has 0 bridgehead atoms. The Labute approximate surface area is 125 Å². The van der Waals surface area contributed by atoms with Crippen LogP contribution in [-0.4, -0.2) is 30.6 Å². The van der Waals surface area contributed by atoms with Crippen molar-refractivity contribution in [2.75, 3.05) is 0 Å². The molecule has 21 heavy (non-hydrogen) atoms. The highest BCUT2D eigenvalue weighted by molar-refractivity contribution is 7.89. The zero-order chi connectivity index (χ0) is 16.0. The molecule has 0 saturated heterocycles. The van der Waals surface area contributed by atoms with Gasteiger partial charge in [0.05, 0.1) is 5.69 Å². The molecule has 0 aliphatic rings. The van der Waals surface area contributed by atoms with Crippen LogP contribution in [0.5, 0.6) is 0 Å². The van der Waals surface area contributed by atoms with Gasteiger partial charge in [-0.3, -0.25) is 9.89 Å². The monoisotopic (exact) mass is 316 g/mol. The molecule has 0 aromatic carbocycles. The summed E-state index contributed by atoms with van der Waals surface area (Å²) in [7, 11) is -3.99. The van der Waals surface area contributed by atoms with E-state index in [0.29, 0.717) is 12.1 Å². The van der Waals surface area contributed by atoms with Crippen LogP contribution in [0.1, 0.15) is 62.6 Å². The van der Waals surface area contributed by atoms with Crippen LogP contribution in [0, 0.1) is 0 Å². The van der Waals surface area contributed by atoms with Gasteiger partial charge in [-0.2, -0.15) is 5.10 Å². The number of sulfonamides is 1. The van der Waals surface area contributed by atoms with Crippen LogP contribution in [-0.2, 0) is 16.4 Å². The second-order valence-corrected chi connectivity index (χ2v) is 6.65. The largest absolute Gasteiger partial charge is 0.348 e. The number of unbranched alkanes of at least 4 members (excludes halogenated alkanes) is 2. The number of aromatic amines is 1. The Morgan fingerprint density at radius 2 is 2.05 bits per heavy atom. The van der Waals surface area contributed by atoms with Gasteiger partial charge in [-0.25, -0.2) is 13.6 Å². The molecule has 1 aromatic rings. The summed E-state index contributed by atoms with van der Waals surface area (Å²) in [4.78, 5) is 12.0. The Morgan fingerprint density at radius 3 is 2.57 bits per heavy atom. The summed E-state index contributed by atoms with van der Waals surface area (Å²) in [5, 5.41) is 14.3. The van der Waals surface area contributed by atoms with E-state index in [9.17, 15) is 13.2 Å². The first-order chi connectivity index (χ1) is 9.81. The van der Waals surface area contributed by atoms with E-state index in [1.54, 1.807) is 6.92 Å². The van der Waals surface area contributed by atoms with Gasteiger partial charge in [0, 0.05) is 6.04 Å². The molecule has 0 aliphatic heterocycles. The second kappa shape index (κ2) is 7.56. The van der Waals surface area contributed by atoms with Crippen molar-refractivity contribution < 1.29 is 13.2 Å². The molecule has 8 heteroatoms. The molecule has 0 saturated carbocycles. The van der Waals surface area contributed by atoms with Gasteiger partial charge in [0.2, 0.25) is 10.0 Å². The first kappa shape index (κ1) is 17.6. The lowest BCUT2D eigenvalue weighted by molar-refractivity contribution is 0.0929. The quantitative estimate of drug-likeness (QED) is 0.627. The third-order valence-electron chi connectivity index (χ3n) is 3.26. The van der Waals surface area contributed by atoms with Crippen molar-refractivity contribution in [3.63, 3.8) is 0 Å². The van der Waals surface area contributed by atoms with Crippen LogP contribution in [0.3, 0.4) is 0 Å². The Bertz CT molecular complexity index is 580. The summed E-state index contributed by atoms with van der Waals surface area (Å²) in [6.07, 6.45) is 4.47. The number of H-pyrrole nitrogens is 1. The average Bonchev–Trinajstić information content (AvgIpc) is 2.82. The van der Waals surface area contributed by atoms with Gasteiger partial charge in [-0.1, -0.05) is 33.1 Å². The zero-order valence-electron chi connectivity index (χ0n) is 12.8. The van der Waals surface area contributed by atoms with Crippen LogP contribution >= 0.6 is 0 Å². The van der Waals surface area contributed by atoms with Crippen LogP contribution in [0.25, 0.3) is 0 Å². The average molecular weight is 316 g/mol. The molecule has 120 valence electrons. The number of nitrogens with two attached hydrogens (primary N) is 1. The van der Waals surface area contributed by atoms with Crippen molar-refractivity contribution in [1.29, 1.82) is 0 Å². The Hall–Kier alpha value is -1.41. The highest BCUT2D eigenvalue weighted by Gasteiger charge is 2.27. The smallest absolute Gasteiger partial charge is 0.273 e. The number of hydrogen-bond donors (Lipinski definition) is 3. The summed E-state index contributed by atoms with van der Waals surface area (Å²) in [5.74, 6) is -0.515. The number of hydrogen-bond acceptors (Lipinski definition) is 4. The highest BCUT2D eigenvalue weighted by atomic mass is 32.2. The molecule has 1 heterocycles. The van der Waals surface area contributed by atoms with Crippen LogP contribution in [0.4, 0.5) is 0 Å². The predicted octanol–water partition coefficient (Wildman–Crippen LogP) is 1.32. The van der Waals surface area contributed by atoms with Crippen molar-refractivity contribution in [3.8, 4) is 0 Å². The summed E-state index contributed by atoms with van der Waals surface area (Å²) >= 11 is 0. The fourth-order valence-corrected chi connectivity index (χ4v) is 3.07. The maximum atomic E-state index is 12.2. The molecule has 1 unspecified atom stereocenters. The van der Waals surface area contributed by atoms with Crippen molar-refractivity contribution in [3.05, 3.63) is 11.4 Å². The number of amides is 1. The van der Waals surface area contributed by atoms with E-state index in [1.807, 2.05) is 6.92 Å². The number of nitrogens with zero attached hydrogens (tertiary/aromatic N) is 1.